The zero-order valence-corrected chi connectivity index (χ0v) is 12.2. The summed E-state index contributed by atoms with van der Waals surface area (Å²) in [5.41, 5.74) is 2.16. The van der Waals surface area contributed by atoms with Crippen molar-refractivity contribution >= 4 is 5.91 Å². The first-order valence-electron chi connectivity index (χ1n) is 7.12. The maximum absolute atomic E-state index is 13.5. The standard InChI is InChI=1S/C16H16FN3O2/c1-22-15-8-14(18-9-19-15)16(21)20-13-4-2-3-10-5-6-11(17)7-12(10)13/h5-9,13H,2-4H2,1H3,(H,20,21)/t13-/m1/s1. The first-order chi connectivity index (χ1) is 10.7. The molecule has 0 bridgehead atoms. The molecule has 0 saturated carbocycles. The lowest BCUT2D eigenvalue weighted by atomic mass is 9.87. The minimum Gasteiger partial charge on any atom is -0.481 e. The van der Waals surface area contributed by atoms with Crippen molar-refractivity contribution in [2.75, 3.05) is 7.11 Å². The smallest absolute Gasteiger partial charge is 0.270 e. The van der Waals surface area contributed by atoms with Gasteiger partial charge in [-0.05, 0) is 42.5 Å². The highest BCUT2D eigenvalue weighted by Crippen LogP contribution is 2.30. The molecule has 0 aliphatic heterocycles. The Hall–Kier alpha value is -2.50. The fourth-order valence-electron chi connectivity index (χ4n) is 2.73. The van der Waals surface area contributed by atoms with Gasteiger partial charge < -0.3 is 10.1 Å². The van der Waals surface area contributed by atoms with Crippen LogP contribution in [0.5, 0.6) is 5.88 Å². The minimum absolute atomic E-state index is 0.201. The molecule has 1 aliphatic carbocycles. The molecule has 0 saturated heterocycles. The number of nitrogens with one attached hydrogen (secondary N) is 1. The van der Waals surface area contributed by atoms with Gasteiger partial charge in [-0.15, -0.1) is 0 Å². The fraction of sp³-hybridized carbons (Fsp3) is 0.312. The molecule has 1 atom stereocenters. The molecule has 5 nitrogen and oxygen atoms in total. The average molecular weight is 301 g/mol. The van der Waals surface area contributed by atoms with E-state index in [1.54, 1.807) is 6.07 Å². The zero-order chi connectivity index (χ0) is 15.5. The van der Waals surface area contributed by atoms with Crippen molar-refractivity contribution in [2.45, 2.75) is 25.3 Å². The number of ether oxygens (including phenoxy) is 1. The zero-order valence-electron chi connectivity index (χ0n) is 12.2. The summed E-state index contributed by atoms with van der Waals surface area (Å²) in [6.45, 7) is 0. The molecule has 1 N–H and O–H groups in total. The highest BCUT2D eigenvalue weighted by molar-refractivity contribution is 5.92. The van der Waals surface area contributed by atoms with Crippen LogP contribution in [0.3, 0.4) is 0 Å². The van der Waals surface area contributed by atoms with Crippen LogP contribution in [0.1, 0.15) is 40.5 Å². The lowest BCUT2D eigenvalue weighted by molar-refractivity contribution is 0.0927. The van der Waals surface area contributed by atoms with Gasteiger partial charge in [-0.1, -0.05) is 6.07 Å². The van der Waals surface area contributed by atoms with E-state index in [1.165, 1.54) is 31.6 Å². The molecule has 0 radical (unpaired) electrons. The lowest BCUT2D eigenvalue weighted by Crippen LogP contribution is -2.31. The summed E-state index contributed by atoms with van der Waals surface area (Å²) in [6.07, 6.45) is 3.92. The quantitative estimate of drug-likeness (QED) is 0.945. The normalized spacial score (nSPS) is 16.7. The van der Waals surface area contributed by atoms with E-state index in [0.717, 1.165) is 30.4 Å². The van der Waals surface area contributed by atoms with Gasteiger partial charge >= 0.3 is 0 Å². The number of hydrogen-bond acceptors (Lipinski definition) is 4. The average Bonchev–Trinajstić information content (AvgIpc) is 2.55. The number of benzene rings is 1. The van der Waals surface area contributed by atoms with E-state index in [9.17, 15) is 9.18 Å². The second-order valence-electron chi connectivity index (χ2n) is 5.21. The molecule has 0 fully saturated rings. The van der Waals surface area contributed by atoms with Crippen LogP contribution in [0.15, 0.2) is 30.6 Å². The molecule has 0 unspecified atom stereocenters. The molecule has 2 aromatic rings. The summed E-state index contributed by atoms with van der Waals surface area (Å²) in [5.74, 6) is -0.276. The molecular formula is C16H16FN3O2. The molecule has 3 rings (SSSR count). The second-order valence-corrected chi connectivity index (χ2v) is 5.21. The maximum atomic E-state index is 13.5. The summed E-state index contributed by atoms with van der Waals surface area (Å²) >= 11 is 0. The number of halogens is 1. The highest BCUT2D eigenvalue weighted by atomic mass is 19.1. The molecule has 1 aromatic carbocycles. The van der Waals surface area contributed by atoms with Gasteiger partial charge in [0.2, 0.25) is 5.88 Å². The van der Waals surface area contributed by atoms with Crippen molar-refractivity contribution in [3.8, 4) is 5.88 Å². The van der Waals surface area contributed by atoms with Crippen LogP contribution in [-0.4, -0.2) is 23.0 Å². The van der Waals surface area contributed by atoms with Gasteiger partial charge in [0.05, 0.1) is 13.2 Å². The van der Waals surface area contributed by atoms with E-state index in [1.807, 2.05) is 0 Å². The van der Waals surface area contributed by atoms with Gasteiger partial charge in [0, 0.05) is 6.07 Å². The number of aromatic nitrogens is 2. The van der Waals surface area contributed by atoms with Gasteiger partial charge in [0.15, 0.2) is 0 Å². The van der Waals surface area contributed by atoms with Crippen molar-refractivity contribution < 1.29 is 13.9 Å². The van der Waals surface area contributed by atoms with E-state index in [-0.39, 0.29) is 23.5 Å². The Morgan fingerprint density at radius 1 is 1.36 bits per heavy atom. The molecule has 1 amide bonds. The molecule has 1 aromatic heterocycles. The molecule has 114 valence electrons. The summed E-state index contributed by atoms with van der Waals surface area (Å²) in [6, 6.07) is 6.02. The fourth-order valence-corrected chi connectivity index (χ4v) is 2.73. The second kappa shape index (κ2) is 6.09. The van der Waals surface area contributed by atoms with Gasteiger partial charge in [-0.3, -0.25) is 4.79 Å². The number of aryl methyl sites for hydroxylation is 1. The van der Waals surface area contributed by atoms with Crippen LogP contribution in [0.4, 0.5) is 4.39 Å². The Labute approximate surface area is 127 Å². The van der Waals surface area contributed by atoms with Crippen LogP contribution in [0, 0.1) is 5.82 Å². The van der Waals surface area contributed by atoms with Crippen LogP contribution in [0.2, 0.25) is 0 Å². The summed E-state index contributed by atoms with van der Waals surface area (Å²) < 4.78 is 18.5. The number of carbonyl (C=O) groups is 1. The number of carbonyl (C=O) groups excluding carboxylic acids is 1. The third-order valence-corrected chi connectivity index (χ3v) is 3.81. The SMILES string of the molecule is COc1cc(C(=O)N[C@@H]2CCCc3ccc(F)cc32)ncn1. The molecule has 0 spiro atoms. The topological polar surface area (TPSA) is 64.1 Å². The van der Waals surface area contributed by atoms with Gasteiger partial charge in [0.1, 0.15) is 17.8 Å². The van der Waals surface area contributed by atoms with E-state index < -0.39 is 0 Å². The summed E-state index contributed by atoms with van der Waals surface area (Å²) in [4.78, 5) is 20.1. The molecule has 1 heterocycles. The third kappa shape index (κ3) is 2.90. The number of fused-ring (bicyclic) bond motifs is 1. The van der Waals surface area contributed by atoms with E-state index >= 15 is 0 Å². The maximum Gasteiger partial charge on any atom is 0.270 e. The van der Waals surface area contributed by atoms with Crippen molar-refractivity contribution in [3.63, 3.8) is 0 Å². The number of rotatable bonds is 3. The molecular weight excluding hydrogens is 285 g/mol. The first kappa shape index (κ1) is 14.4. The predicted octanol–water partition coefficient (Wildman–Crippen LogP) is 2.43. The number of amides is 1. The Morgan fingerprint density at radius 3 is 3.05 bits per heavy atom. The predicted molar refractivity (Wildman–Crippen MR) is 78.1 cm³/mol. The monoisotopic (exact) mass is 301 g/mol. The lowest BCUT2D eigenvalue weighted by Gasteiger charge is -2.26. The largest absolute Gasteiger partial charge is 0.481 e. The van der Waals surface area contributed by atoms with E-state index in [4.69, 9.17) is 4.74 Å². The minimum atomic E-state index is -0.317. The number of nitrogens with zero attached hydrogens (tertiary/aromatic N) is 2. The van der Waals surface area contributed by atoms with Crippen LogP contribution >= 0.6 is 0 Å². The Morgan fingerprint density at radius 2 is 2.23 bits per heavy atom. The molecule has 1 aliphatic rings. The van der Waals surface area contributed by atoms with Gasteiger partial charge in [0.25, 0.3) is 5.91 Å². The Bertz CT molecular complexity index is 706. The third-order valence-electron chi connectivity index (χ3n) is 3.81. The van der Waals surface area contributed by atoms with Gasteiger partial charge in [-0.2, -0.15) is 0 Å². The van der Waals surface area contributed by atoms with Crippen LogP contribution < -0.4 is 10.1 Å². The Balaban J connectivity index is 1.82. The van der Waals surface area contributed by atoms with Crippen molar-refractivity contribution in [2.24, 2.45) is 0 Å². The van der Waals surface area contributed by atoms with Crippen LogP contribution in [-0.2, 0) is 6.42 Å². The molecule has 6 heteroatoms. The highest BCUT2D eigenvalue weighted by Gasteiger charge is 2.23. The first-order valence-corrected chi connectivity index (χ1v) is 7.12. The van der Waals surface area contributed by atoms with Crippen molar-refractivity contribution in [1.29, 1.82) is 0 Å². The summed E-state index contributed by atoms with van der Waals surface area (Å²) in [7, 11) is 1.48. The van der Waals surface area contributed by atoms with Crippen molar-refractivity contribution in [1.82, 2.24) is 15.3 Å². The van der Waals surface area contributed by atoms with Crippen molar-refractivity contribution in [3.05, 3.63) is 53.2 Å². The summed E-state index contributed by atoms with van der Waals surface area (Å²) in [5, 5.41) is 2.92. The van der Waals surface area contributed by atoms with Crippen LogP contribution in [0.25, 0.3) is 0 Å². The Kier molecular flexibility index (Phi) is 4.00. The van der Waals surface area contributed by atoms with Gasteiger partial charge in [-0.25, -0.2) is 14.4 Å². The van der Waals surface area contributed by atoms with E-state index in [0.29, 0.717) is 5.88 Å². The number of hydrogen-bond donors (Lipinski definition) is 1. The number of methoxy groups -OCH3 is 1. The van der Waals surface area contributed by atoms with E-state index in [2.05, 4.69) is 15.3 Å². The molecule has 22 heavy (non-hydrogen) atoms.